The highest BCUT2D eigenvalue weighted by Crippen LogP contribution is 2.40. The highest BCUT2D eigenvalue weighted by Gasteiger charge is 2.23. The van der Waals surface area contributed by atoms with Gasteiger partial charge in [-0.05, 0) is 54.9 Å². The van der Waals surface area contributed by atoms with Gasteiger partial charge >= 0.3 is 0 Å². The Labute approximate surface area is 179 Å². The molecule has 1 aliphatic rings. The van der Waals surface area contributed by atoms with Gasteiger partial charge in [-0.2, -0.15) is 0 Å². The molecule has 0 saturated carbocycles. The van der Waals surface area contributed by atoms with Gasteiger partial charge in [0.15, 0.2) is 0 Å². The van der Waals surface area contributed by atoms with E-state index in [2.05, 4.69) is 22.2 Å². The second-order valence-electron chi connectivity index (χ2n) is 7.45. The number of hydrogen-bond acceptors (Lipinski definition) is 6. The van der Waals surface area contributed by atoms with Crippen LogP contribution in [-0.2, 0) is 24.1 Å². The molecule has 3 aromatic rings. The molecule has 0 aliphatic heterocycles. The first-order valence-electron chi connectivity index (χ1n) is 9.91. The zero-order valence-electron chi connectivity index (χ0n) is 16.7. The summed E-state index contributed by atoms with van der Waals surface area (Å²) in [5.74, 6) is 1.98. The average Bonchev–Trinajstić information content (AvgIpc) is 3.10. The zero-order valence-corrected chi connectivity index (χ0v) is 18.4. The fraction of sp³-hybridized carbons (Fsp3) is 0.409. The van der Waals surface area contributed by atoms with E-state index in [4.69, 9.17) is 4.74 Å². The molecule has 152 valence electrons. The first-order valence-corrected chi connectivity index (χ1v) is 11.7. The van der Waals surface area contributed by atoms with Crippen molar-refractivity contribution in [2.75, 3.05) is 19.4 Å². The molecule has 0 radical (unpaired) electrons. The Bertz CT molecular complexity index is 1000. The van der Waals surface area contributed by atoms with E-state index in [0.717, 1.165) is 40.8 Å². The number of ether oxygens (including phenoxy) is 1. The Balaban J connectivity index is 1.34. The first-order chi connectivity index (χ1) is 14.1. The molecule has 1 N–H and O–H groups in total. The number of thioether (sulfide) groups is 1. The van der Waals surface area contributed by atoms with Gasteiger partial charge in [-0.3, -0.25) is 4.79 Å². The minimum atomic E-state index is 0.0352. The summed E-state index contributed by atoms with van der Waals surface area (Å²) in [5.41, 5.74) is 2.58. The van der Waals surface area contributed by atoms with Crippen molar-refractivity contribution < 1.29 is 9.53 Å². The maximum absolute atomic E-state index is 12.3. The summed E-state index contributed by atoms with van der Waals surface area (Å²) in [6.07, 6.45) is 5.85. The van der Waals surface area contributed by atoms with Crippen LogP contribution in [0.15, 0.2) is 35.6 Å². The number of fused-ring (bicyclic) bond motifs is 3. The van der Waals surface area contributed by atoms with Crippen LogP contribution in [0.5, 0.6) is 5.75 Å². The number of carbonyl (C=O) groups is 1. The molecule has 5 nitrogen and oxygen atoms in total. The molecular formula is C22H25N3O2S2. The van der Waals surface area contributed by atoms with Crippen LogP contribution < -0.4 is 10.1 Å². The van der Waals surface area contributed by atoms with Crippen molar-refractivity contribution >= 4 is 39.2 Å². The smallest absolute Gasteiger partial charge is 0.230 e. The molecule has 7 heteroatoms. The number of rotatable bonds is 7. The maximum atomic E-state index is 12.3. The van der Waals surface area contributed by atoms with Crippen LogP contribution in [0.1, 0.15) is 29.3 Å². The molecule has 1 aliphatic carbocycles. The lowest BCUT2D eigenvalue weighted by Crippen LogP contribution is -2.27. The highest BCUT2D eigenvalue weighted by atomic mass is 32.2. The van der Waals surface area contributed by atoms with Crippen molar-refractivity contribution in [2.45, 2.75) is 37.6 Å². The fourth-order valence-electron chi connectivity index (χ4n) is 3.68. The quantitative estimate of drug-likeness (QED) is 0.450. The Kier molecular flexibility index (Phi) is 6.35. The summed E-state index contributed by atoms with van der Waals surface area (Å²) in [5, 5.41) is 5.12. The Hall–Kier alpha value is -2.12. The van der Waals surface area contributed by atoms with Crippen LogP contribution in [0.3, 0.4) is 0 Å². The number of amides is 1. The van der Waals surface area contributed by atoms with E-state index >= 15 is 0 Å². The second kappa shape index (κ2) is 9.13. The number of methoxy groups -OCH3 is 1. The van der Waals surface area contributed by atoms with E-state index in [1.165, 1.54) is 39.6 Å². The summed E-state index contributed by atoms with van der Waals surface area (Å²) in [6, 6.07) is 7.93. The number of nitrogens with one attached hydrogen (secondary N) is 1. The van der Waals surface area contributed by atoms with E-state index in [-0.39, 0.29) is 5.91 Å². The molecular weight excluding hydrogens is 402 g/mol. The molecule has 0 fully saturated rings. The Morgan fingerprint density at radius 2 is 2.14 bits per heavy atom. The molecule has 0 bridgehead atoms. The number of carbonyl (C=O) groups excluding carboxylic acids is 1. The van der Waals surface area contributed by atoms with Gasteiger partial charge in [0, 0.05) is 16.8 Å². The largest absolute Gasteiger partial charge is 0.497 e. The third-order valence-corrected chi connectivity index (χ3v) is 7.44. The third-order valence-electron chi connectivity index (χ3n) is 5.29. The van der Waals surface area contributed by atoms with Crippen molar-refractivity contribution in [1.82, 2.24) is 15.3 Å². The Morgan fingerprint density at radius 1 is 1.31 bits per heavy atom. The van der Waals surface area contributed by atoms with Gasteiger partial charge in [-0.15, -0.1) is 11.3 Å². The number of aryl methyl sites for hydroxylation is 1. The van der Waals surface area contributed by atoms with Crippen molar-refractivity contribution in [3.05, 3.63) is 46.6 Å². The molecule has 2 heterocycles. The first kappa shape index (κ1) is 20.2. The lowest BCUT2D eigenvalue weighted by atomic mass is 9.89. The van der Waals surface area contributed by atoms with Crippen molar-refractivity contribution in [3.63, 3.8) is 0 Å². The maximum Gasteiger partial charge on any atom is 0.230 e. The van der Waals surface area contributed by atoms with E-state index in [0.29, 0.717) is 12.3 Å². The van der Waals surface area contributed by atoms with E-state index in [1.807, 2.05) is 24.3 Å². The summed E-state index contributed by atoms with van der Waals surface area (Å²) >= 11 is 3.31. The van der Waals surface area contributed by atoms with E-state index in [1.54, 1.807) is 24.8 Å². The second-order valence-corrected chi connectivity index (χ2v) is 9.50. The number of hydrogen-bond donors (Lipinski definition) is 1. The molecule has 1 atom stereocenters. The SMILES string of the molecule is COc1ccc(CCNC(=O)CSc2ncnc3sc4c(c23)CC[C@H](C)C4)cc1. The predicted octanol–water partition coefficient (Wildman–Crippen LogP) is 4.28. The molecule has 0 unspecified atom stereocenters. The van der Waals surface area contributed by atoms with Crippen LogP contribution >= 0.6 is 23.1 Å². The monoisotopic (exact) mass is 427 g/mol. The number of benzene rings is 1. The molecule has 2 aromatic heterocycles. The number of thiophene rings is 1. The van der Waals surface area contributed by atoms with E-state index in [9.17, 15) is 4.79 Å². The van der Waals surface area contributed by atoms with Crippen LogP contribution in [-0.4, -0.2) is 35.3 Å². The molecule has 1 aromatic carbocycles. The average molecular weight is 428 g/mol. The van der Waals surface area contributed by atoms with E-state index < -0.39 is 0 Å². The normalized spacial score (nSPS) is 15.9. The van der Waals surface area contributed by atoms with Crippen molar-refractivity contribution in [2.24, 2.45) is 5.92 Å². The third kappa shape index (κ3) is 4.73. The predicted molar refractivity (Wildman–Crippen MR) is 119 cm³/mol. The summed E-state index contributed by atoms with van der Waals surface area (Å²) in [4.78, 5) is 23.8. The minimum Gasteiger partial charge on any atom is -0.497 e. The van der Waals surface area contributed by atoms with Crippen LogP contribution in [0, 0.1) is 5.92 Å². The Morgan fingerprint density at radius 3 is 2.93 bits per heavy atom. The van der Waals surface area contributed by atoms with Gasteiger partial charge < -0.3 is 10.1 Å². The number of aromatic nitrogens is 2. The lowest BCUT2D eigenvalue weighted by molar-refractivity contribution is -0.118. The fourth-order valence-corrected chi connectivity index (χ4v) is 5.95. The summed E-state index contributed by atoms with van der Waals surface area (Å²) < 4.78 is 5.17. The van der Waals surface area contributed by atoms with Gasteiger partial charge in [0.05, 0.1) is 12.9 Å². The van der Waals surface area contributed by atoms with Crippen molar-refractivity contribution in [1.29, 1.82) is 0 Å². The molecule has 0 saturated heterocycles. The zero-order chi connectivity index (χ0) is 20.2. The summed E-state index contributed by atoms with van der Waals surface area (Å²) in [6.45, 7) is 2.93. The van der Waals surface area contributed by atoms with Gasteiger partial charge in [0.1, 0.15) is 21.9 Å². The summed E-state index contributed by atoms with van der Waals surface area (Å²) in [7, 11) is 1.66. The highest BCUT2D eigenvalue weighted by molar-refractivity contribution is 8.00. The standard InChI is InChI=1S/C22H25N3O2S2/c1-14-3-8-17-18(11-14)29-22-20(17)21(24-13-25-22)28-12-19(26)23-10-9-15-4-6-16(27-2)7-5-15/h4-7,13-14H,3,8-12H2,1-2H3,(H,23,26)/t14-/m0/s1. The van der Waals surface area contributed by atoms with Gasteiger partial charge in [-0.25, -0.2) is 9.97 Å². The molecule has 4 rings (SSSR count). The lowest BCUT2D eigenvalue weighted by Gasteiger charge is -2.18. The van der Waals surface area contributed by atoms with Gasteiger partial charge in [0.25, 0.3) is 0 Å². The van der Waals surface area contributed by atoms with Crippen LogP contribution in [0.4, 0.5) is 0 Å². The number of nitrogens with zero attached hydrogens (tertiary/aromatic N) is 2. The van der Waals surface area contributed by atoms with Crippen LogP contribution in [0.25, 0.3) is 10.2 Å². The van der Waals surface area contributed by atoms with Crippen LogP contribution in [0.2, 0.25) is 0 Å². The van der Waals surface area contributed by atoms with Gasteiger partial charge in [0.2, 0.25) is 5.91 Å². The van der Waals surface area contributed by atoms with Gasteiger partial charge in [-0.1, -0.05) is 30.8 Å². The topological polar surface area (TPSA) is 64.1 Å². The molecule has 0 spiro atoms. The van der Waals surface area contributed by atoms with Crippen molar-refractivity contribution in [3.8, 4) is 5.75 Å². The molecule has 1 amide bonds. The molecule has 29 heavy (non-hydrogen) atoms. The minimum absolute atomic E-state index is 0.0352.